The Morgan fingerprint density at radius 1 is 0.464 bits per heavy atom. The van der Waals surface area contributed by atoms with Gasteiger partial charge in [0.1, 0.15) is 0 Å². The van der Waals surface area contributed by atoms with E-state index in [0.717, 1.165) is 0 Å². The molecule has 0 heterocycles. The van der Waals surface area contributed by atoms with E-state index in [2.05, 4.69) is 149 Å². The summed E-state index contributed by atoms with van der Waals surface area (Å²) in [5.41, 5.74) is 1.19. The van der Waals surface area contributed by atoms with Crippen LogP contribution in [0.1, 0.15) is 5.56 Å². The van der Waals surface area contributed by atoms with Crippen molar-refractivity contribution >= 4 is 42.8 Å². The van der Waals surface area contributed by atoms with Crippen LogP contribution in [0.4, 0.5) is 0 Å². The second-order valence-corrected chi connectivity index (χ2v) is 15.2. The Morgan fingerprint density at radius 3 is 1.14 bits per heavy atom. The van der Waals surface area contributed by atoms with Crippen molar-refractivity contribution in [2.24, 2.45) is 0 Å². The van der Waals surface area contributed by atoms with Crippen molar-refractivity contribution in [2.75, 3.05) is 0 Å². The fourth-order valence-corrected chi connectivity index (χ4v) is 10.3. The number of benzene rings is 4. The molecular weight excluding hydrogens is 423 g/mol. The van der Waals surface area contributed by atoms with E-state index in [-0.39, 0.29) is 0 Å². The van der Waals surface area contributed by atoms with Crippen molar-refractivity contribution in [3.63, 3.8) is 0 Å². The molecule has 0 amide bonds. The van der Waals surface area contributed by atoms with Crippen LogP contribution in [0.2, 0.25) is 0 Å². The minimum atomic E-state index is -2.99. The summed E-state index contributed by atoms with van der Waals surface area (Å²) in [5.74, 6) is 2.40. The third kappa shape index (κ3) is 3.26. The van der Waals surface area contributed by atoms with E-state index in [0.29, 0.717) is 0 Å². The number of halogens is 1. The average Bonchev–Trinajstić information content (AvgIpc) is 2.80. The minimum absolute atomic E-state index is 1.19. The van der Waals surface area contributed by atoms with Crippen LogP contribution in [-0.2, 0) is 0 Å². The molecule has 0 aliphatic heterocycles. The summed E-state index contributed by atoms with van der Waals surface area (Å²) >= 11 is 4.42. The van der Waals surface area contributed by atoms with Gasteiger partial charge in [-0.25, -0.2) is 0 Å². The Morgan fingerprint density at radius 2 is 0.786 bits per heavy atom. The summed E-state index contributed by atoms with van der Waals surface area (Å²) < 4.78 is 0. The summed E-state index contributed by atoms with van der Waals surface area (Å²) in [5, 5.41) is 0.882. The van der Waals surface area contributed by atoms with Gasteiger partial charge in [-0.05, 0) is 0 Å². The van der Waals surface area contributed by atoms with Crippen molar-refractivity contribution in [1.82, 2.24) is 0 Å². The SMILES string of the molecule is BrP(C=Cc1ccccc1)(c1ccccc1)(c1ccccc1)c1ccccc1. The van der Waals surface area contributed by atoms with Crippen LogP contribution in [-0.4, -0.2) is 0 Å². The summed E-state index contributed by atoms with van der Waals surface area (Å²) in [7, 11) is 0. The third-order valence-electron chi connectivity index (χ3n) is 5.13. The Balaban J connectivity index is 2.08. The van der Waals surface area contributed by atoms with Crippen LogP contribution in [0.25, 0.3) is 6.08 Å². The first kappa shape index (κ1) is 18.9. The molecule has 0 N–H and O–H groups in total. The van der Waals surface area contributed by atoms with Gasteiger partial charge in [-0.15, -0.1) is 0 Å². The molecule has 0 bridgehead atoms. The van der Waals surface area contributed by atoms with Gasteiger partial charge in [0.2, 0.25) is 0 Å². The van der Waals surface area contributed by atoms with Crippen molar-refractivity contribution in [3.05, 3.63) is 133 Å². The molecule has 138 valence electrons. The maximum atomic E-state index is 4.42. The summed E-state index contributed by atoms with van der Waals surface area (Å²) in [4.78, 5) is 0. The van der Waals surface area contributed by atoms with E-state index in [4.69, 9.17) is 0 Å². The molecule has 0 saturated heterocycles. The van der Waals surface area contributed by atoms with Gasteiger partial charge < -0.3 is 0 Å². The standard InChI is InChI=1S/C26H22BrP/c27-28(24-15-7-2-8-16-24,25-17-9-3-10-18-25,26-19-11-4-12-20-26)22-21-23-13-5-1-6-14-23/h1-22H. The fraction of sp³-hybridized carbons (Fsp3) is 0. The van der Waals surface area contributed by atoms with E-state index in [1.807, 2.05) is 0 Å². The van der Waals surface area contributed by atoms with Gasteiger partial charge >= 0.3 is 175 Å². The molecule has 0 radical (unpaired) electrons. The number of hydrogen-bond donors (Lipinski definition) is 0. The Kier molecular flexibility index (Phi) is 5.31. The van der Waals surface area contributed by atoms with Crippen LogP contribution in [0.3, 0.4) is 0 Å². The molecule has 4 aromatic carbocycles. The second kappa shape index (κ2) is 7.87. The van der Waals surface area contributed by atoms with Crippen LogP contribution < -0.4 is 15.9 Å². The van der Waals surface area contributed by atoms with Crippen molar-refractivity contribution in [2.45, 2.75) is 0 Å². The average molecular weight is 445 g/mol. The first-order valence-corrected chi connectivity index (χ1v) is 13.7. The van der Waals surface area contributed by atoms with Gasteiger partial charge in [-0.2, -0.15) is 0 Å². The fourth-order valence-electron chi connectivity index (χ4n) is 3.65. The zero-order valence-corrected chi connectivity index (χ0v) is 18.0. The van der Waals surface area contributed by atoms with E-state index in [1.54, 1.807) is 0 Å². The maximum absolute atomic E-state index is 4.42. The number of hydrogen-bond acceptors (Lipinski definition) is 0. The van der Waals surface area contributed by atoms with Crippen LogP contribution >= 0.6 is 20.8 Å². The zero-order valence-electron chi connectivity index (χ0n) is 15.5. The second-order valence-electron chi connectivity index (χ2n) is 6.81. The Hall–Kier alpha value is -2.47. The molecule has 28 heavy (non-hydrogen) atoms. The first-order chi connectivity index (χ1) is 13.7. The zero-order chi connectivity index (χ0) is 19.3. The molecule has 0 unspecified atom stereocenters. The van der Waals surface area contributed by atoms with Gasteiger partial charge in [0.05, 0.1) is 0 Å². The molecule has 0 spiro atoms. The van der Waals surface area contributed by atoms with Crippen molar-refractivity contribution in [1.29, 1.82) is 0 Å². The van der Waals surface area contributed by atoms with Crippen LogP contribution in [0, 0.1) is 0 Å². The molecule has 0 nitrogen and oxygen atoms in total. The van der Waals surface area contributed by atoms with Gasteiger partial charge in [-0.1, -0.05) is 0 Å². The van der Waals surface area contributed by atoms with E-state index in [9.17, 15) is 0 Å². The molecule has 0 aliphatic rings. The Labute approximate surface area is 175 Å². The molecule has 2 heteroatoms. The molecule has 4 aromatic rings. The van der Waals surface area contributed by atoms with Crippen LogP contribution in [0.5, 0.6) is 0 Å². The van der Waals surface area contributed by atoms with Gasteiger partial charge in [0, 0.05) is 0 Å². The summed E-state index contributed by atoms with van der Waals surface area (Å²) in [6, 6.07) is 42.9. The normalized spacial score (nSPS) is 13.1. The number of rotatable bonds is 5. The molecule has 4 rings (SSSR count). The monoisotopic (exact) mass is 444 g/mol. The third-order valence-corrected chi connectivity index (χ3v) is 14.2. The van der Waals surface area contributed by atoms with Gasteiger partial charge in [0.15, 0.2) is 0 Å². The molecule has 0 aliphatic carbocycles. The first-order valence-electron chi connectivity index (χ1n) is 9.36. The predicted molar refractivity (Wildman–Crippen MR) is 130 cm³/mol. The summed E-state index contributed by atoms with van der Waals surface area (Å²) in [6.45, 7) is 0. The van der Waals surface area contributed by atoms with E-state index < -0.39 is 5.31 Å². The molecule has 0 saturated carbocycles. The van der Waals surface area contributed by atoms with Crippen molar-refractivity contribution < 1.29 is 0 Å². The Bertz CT molecular complexity index is 959. The quantitative estimate of drug-likeness (QED) is 0.308. The molecule has 0 atom stereocenters. The van der Waals surface area contributed by atoms with Crippen LogP contribution in [0.15, 0.2) is 127 Å². The van der Waals surface area contributed by atoms with Crippen molar-refractivity contribution in [3.8, 4) is 0 Å². The molecule has 0 fully saturated rings. The predicted octanol–water partition coefficient (Wildman–Crippen LogP) is 6.50. The van der Waals surface area contributed by atoms with Gasteiger partial charge in [-0.3, -0.25) is 0 Å². The van der Waals surface area contributed by atoms with Gasteiger partial charge in [0.25, 0.3) is 0 Å². The van der Waals surface area contributed by atoms with E-state index in [1.165, 1.54) is 21.5 Å². The van der Waals surface area contributed by atoms with E-state index >= 15 is 0 Å². The molecular formula is C26H22BrP. The summed E-state index contributed by atoms with van der Waals surface area (Å²) in [6.07, 6.45) is 2.25. The topological polar surface area (TPSA) is 0 Å². The molecule has 0 aromatic heterocycles.